The average Bonchev–Trinajstić information content (AvgIpc) is 3.01. The molecule has 0 saturated heterocycles. The minimum absolute atomic E-state index is 0.723. The predicted molar refractivity (Wildman–Crippen MR) is 102 cm³/mol. The summed E-state index contributed by atoms with van der Waals surface area (Å²) in [5.74, 6) is 0. The van der Waals surface area contributed by atoms with Crippen molar-refractivity contribution >= 4 is 44.3 Å². The van der Waals surface area contributed by atoms with Crippen LogP contribution in [0.1, 0.15) is 0 Å². The molecule has 0 saturated carbocycles. The van der Waals surface area contributed by atoms with Crippen LogP contribution in [0.25, 0.3) is 43.8 Å². The lowest BCUT2D eigenvalue weighted by atomic mass is 9.97. The van der Waals surface area contributed by atoms with Crippen molar-refractivity contribution in [3.63, 3.8) is 0 Å². The number of benzene rings is 4. The van der Waals surface area contributed by atoms with E-state index in [9.17, 15) is 0 Å². The van der Waals surface area contributed by atoms with Crippen LogP contribution < -0.4 is 0 Å². The molecule has 0 atom stereocenters. The highest BCUT2D eigenvalue weighted by molar-refractivity contribution is 6.38. The highest BCUT2D eigenvalue weighted by Crippen LogP contribution is 2.40. The van der Waals surface area contributed by atoms with E-state index in [1.165, 1.54) is 16.3 Å². The largest absolute Gasteiger partial charge is 0.455 e. The van der Waals surface area contributed by atoms with E-state index in [0.717, 1.165) is 32.5 Å². The van der Waals surface area contributed by atoms with E-state index in [-0.39, 0.29) is 0 Å². The standard InChI is InChI=1S/C22H13ClO/c23-19-12-5-13-20-21(19)18-11-4-10-17(22(18)24-20)16-9-3-7-14-6-1-2-8-15(14)16/h1-13H. The molecule has 2 heteroatoms. The summed E-state index contributed by atoms with van der Waals surface area (Å²) in [6.07, 6.45) is 0. The number of fused-ring (bicyclic) bond motifs is 4. The zero-order chi connectivity index (χ0) is 16.1. The first kappa shape index (κ1) is 13.6. The number of hydrogen-bond acceptors (Lipinski definition) is 1. The van der Waals surface area contributed by atoms with Crippen LogP contribution in [0.5, 0.6) is 0 Å². The van der Waals surface area contributed by atoms with E-state index in [1.807, 2.05) is 18.2 Å². The molecule has 24 heavy (non-hydrogen) atoms. The van der Waals surface area contributed by atoms with Gasteiger partial charge in [0.2, 0.25) is 0 Å². The minimum Gasteiger partial charge on any atom is -0.455 e. The fourth-order valence-electron chi connectivity index (χ4n) is 3.48. The van der Waals surface area contributed by atoms with Gasteiger partial charge in [0.05, 0.1) is 5.02 Å². The second-order valence-corrected chi connectivity index (χ2v) is 6.33. The summed E-state index contributed by atoms with van der Waals surface area (Å²) in [7, 11) is 0. The van der Waals surface area contributed by atoms with Crippen LogP contribution in [0.4, 0.5) is 0 Å². The fraction of sp³-hybridized carbons (Fsp3) is 0. The van der Waals surface area contributed by atoms with Crippen LogP contribution in [0.2, 0.25) is 5.02 Å². The van der Waals surface area contributed by atoms with Gasteiger partial charge in [0.25, 0.3) is 0 Å². The van der Waals surface area contributed by atoms with Gasteiger partial charge in [0.15, 0.2) is 0 Å². The van der Waals surface area contributed by atoms with Gasteiger partial charge in [-0.25, -0.2) is 0 Å². The van der Waals surface area contributed by atoms with Crippen LogP contribution in [-0.4, -0.2) is 0 Å². The van der Waals surface area contributed by atoms with Gasteiger partial charge in [-0.2, -0.15) is 0 Å². The van der Waals surface area contributed by atoms with Crippen molar-refractivity contribution in [2.75, 3.05) is 0 Å². The number of furan rings is 1. The molecular weight excluding hydrogens is 316 g/mol. The number of para-hydroxylation sites is 1. The van der Waals surface area contributed by atoms with Crippen LogP contribution in [0.3, 0.4) is 0 Å². The Morgan fingerprint density at radius 1 is 0.625 bits per heavy atom. The van der Waals surface area contributed by atoms with E-state index < -0.39 is 0 Å². The smallest absolute Gasteiger partial charge is 0.143 e. The highest BCUT2D eigenvalue weighted by Gasteiger charge is 2.15. The molecule has 1 aromatic heterocycles. The third-order valence-corrected chi connectivity index (χ3v) is 4.87. The molecule has 0 radical (unpaired) electrons. The summed E-state index contributed by atoms with van der Waals surface area (Å²) in [5.41, 5.74) is 3.98. The fourth-order valence-corrected chi connectivity index (χ4v) is 3.74. The van der Waals surface area contributed by atoms with Gasteiger partial charge < -0.3 is 4.42 Å². The van der Waals surface area contributed by atoms with Crippen molar-refractivity contribution in [2.24, 2.45) is 0 Å². The minimum atomic E-state index is 0.723. The summed E-state index contributed by atoms with van der Waals surface area (Å²) in [6, 6.07) is 26.8. The van der Waals surface area contributed by atoms with E-state index >= 15 is 0 Å². The van der Waals surface area contributed by atoms with Crippen molar-refractivity contribution in [2.45, 2.75) is 0 Å². The van der Waals surface area contributed by atoms with Gasteiger partial charge in [0.1, 0.15) is 11.2 Å². The molecule has 0 spiro atoms. The topological polar surface area (TPSA) is 13.1 Å². The second-order valence-electron chi connectivity index (χ2n) is 5.92. The van der Waals surface area contributed by atoms with Crippen LogP contribution in [0, 0.1) is 0 Å². The molecule has 0 unspecified atom stereocenters. The van der Waals surface area contributed by atoms with Crippen LogP contribution >= 0.6 is 11.6 Å². The average molecular weight is 329 g/mol. The van der Waals surface area contributed by atoms with E-state index in [0.29, 0.717) is 0 Å². The predicted octanol–water partition coefficient (Wildman–Crippen LogP) is 7.06. The molecule has 0 amide bonds. The Balaban J connectivity index is 1.93. The van der Waals surface area contributed by atoms with Crippen LogP contribution in [0.15, 0.2) is 83.3 Å². The van der Waals surface area contributed by atoms with Gasteiger partial charge in [-0.3, -0.25) is 0 Å². The van der Waals surface area contributed by atoms with Crippen molar-refractivity contribution in [3.05, 3.63) is 83.9 Å². The quantitative estimate of drug-likeness (QED) is 0.321. The Labute approximate surface area is 144 Å². The molecule has 4 aromatic carbocycles. The van der Waals surface area contributed by atoms with E-state index in [1.54, 1.807) is 0 Å². The third kappa shape index (κ3) is 1.88. The Hall–Kier alpha value is -2.77. The number of rotatable bonds is 1. The summed E-state index contributed by atoms with van der Waals surface area (Å²) in [6.45, 7) is 0. The second kappa shape index (κ2) is 5.12. The monoisotopic (exact) mass is 328 g/mol. The molecule has 0 bridgehead atoms. The van der Waals surface area contributed by atoms with Gasteiger partial charge in [-0.05, 0) is 28.5 Å². The molecule has 0 aliphatic carbocycles. The van der Waals surface area contributed by atoms with Gasteiger partial charge in [-0.15, -0.1) is 0 Å². The Morgan fingerprint density at radius 3 is 2.29 bits per heavy atom. The molecule has 0 aliphatic rings. The van der Waals surface area contributed by atoms with Crippen LogP contribution in [-0.2, 0) is 0 Å². The lowest BCUT2D eigenvalue weighted by molar-refractivity contribution is 0.670. The summed E-state index contributed by atoms with van der Waals surface area (Å²) in [4.78, 5) is 0. The first-order valence-corrected chi connectivity index (χ1v) is 8.28. The zero-order valence-electron chi connectivity index (χ0n) is 12.8. The van der Waals surface area contributed by atoms with Crippen molar-refractivity contribution in [1.82, 2.24) is 0 Å². The molecule has 114 valence electrons. The first-order chi connectivity index (χ1) is 11.8. The van der Waals surface area contributed by atoms with Gasteiger partial charge >= 0.3 is 0 Å². The van der Waals surface area contributed by atoms with E-state index in [4.69, 9.17) is 16.0 Å². The van der Waals surface area contributed by atoms with E-state index in [2.05, 4.69) is 60.7 Å². The highest BCUT2D eigenvalue weighted by atomic mass is 35.5. The molecule has 1 heterocycles. The Kier molecular flexibility index (Phi) is 2.91. The maximum absolute atomic E-state index is 6.41. The molecule has 0 N–H and O–H groups in total. The molecule has 5 rings (SSSR count). The maximum Gasteiger partial charge on any atom is 0.143 e. The van der Waals surface area contributed by atoms with Gasteiger partial charge in [0, 0.05) is 16.3 Å². The van der Waals surface area contributed by atoms with Crippen molar-refractivity contribution < 1.29 is 4.42 Å². The number of hydrogen-bond donors (Lipinski definition) is 0. The lowest BCUT2D eigenvalue weighted by Gasteiger charge is -2.07. The normalized spacial score (nSPS) is 11.5. The zero-order valence-corrected chi connectivity index (χ0v) is 13.5. The van der Waals surface area contributed by atoms with Crippen molar-refractivity contribution in [3.8, 4) is 11.1 Å². The molecule has 1 nitrogen and oxygen atoms in total. The summed E-state index contributed by atoms with van der Waals surface area (Å²) < 4.78 is 6.18. The Morgan fingerprint density at radius 2 is 1.33 bits per heavy atom. The lowest BCUT2D eigenvalue weighted by Crippen LogP contribution is -1.82. The molecule has 0 aliphatic heterocycles. The van der Waals surface area contributed by atoms with Crippen molar-refractivity contribution in [1.29, 1.82) is 0 Å². The maximum atomic E-state index is 6.41. The van der Waals surface area contributed by atoms with Gasteiger partial charge in [-0.1, -0.05) is 78.3 Å². The number of halogens is 1. The molecule has 5 aromatic rings. The Bertz CT molecular complexity index is 1210. The molecule has 0 fully saturated rings. The summed E-state index contributed by atoms with van der Waals surface area (Å²) >= 11 is 6.41. The SMILES string of the molecule is Clc1cccc2oc3c(-c4cccc5ccccc45)cccc3c12. The first-order valence-electron chi connectivity index (χ1n) is 7.91. The summed E-state index contributed by atoms with van der Waals surface area (Å²) in [5, 5.41) is 5.21. The molecular formula is C22H13ClO. The third-order valence-electron chi connectivity index (χ3n) is 4.55.